The highest BCUT2D eigenvalue weighted by Gasteiger charge is 2.25. The van der Waals surface area contributed by atoms with E-state index >= 15 is 0 Å². The fourth-order valence-corrected chi connectivity index (χ4v) is 5.08. The Morgan fingerprint density at radius 2 is 1.86 bits per heavy atom. The minimum Gasteiger partial charge on any atom is -0.349 e. The lowest BCUT2D eigenvalue weighted by Gasteiger charge is -2.24. The lowest BCUT2D eigenvalue weighted by molar-refractivity contribution is -0.133. The molecule has 0 N–H and O–H groups in total. The van der Waals surface area contributed by atoms with Crippen LogP contribution in [0.25, 0.3) is 11.4 Å². The molecule has 0 bridgehead atoms. The molecule has 3 heterocycles. The molecule has 0 aromatic carbocycles. The molecule has 1 fully saturated rings. The molecule has 0 saturated heterocycles. The Labute approximate surface area is 212 Å². The molecule has 1 atom stereocenters. The summed E-state index contributed by atoms with van der Waals surface area (Å²) < 4.78 is 1.74. The van der Waals surface area contributed by atoms with Crippen molar-refractivity contribution in [1.29, 1.82) is 0 Å². The number of hydrogen-bond donors (Lipinski definition) is 0. The van der Waals surface area contributed by atoms with Crippen molar-refractivity contribution in [3.05, 3.63) is 76.5 Å². The first kappa shape index (κ1) is 24.1. The highest BCUT2D eigenvalue weighted by Crippen LogP contribution is 2.39. The zero-order valence-electron chi connectivity index (χ0n) is 21.5. The van der Waals surface area contributed by atoms with Gasteiger partial charge in [-0.25, -0.2) is 9.67 Å². The average molecular weight is 484 g/mol. The number of hydrogen-bond acceptors (Lipinski definition) is 5. The van der Waals surface area contributed by atoms with Crippen LogP contribution in [-0.4, -0.2) is 50.4 Å². The van der Waals surface area contributed by atoms with Crippen molar-refractivity contribution >= 4 is 17.3 Å². The number of nitrogens with zero attached hydrogens (tertiary/aromatic N) is 5. The molecule has 36 heavy (non-hydrogen) atoms. The van der Waals surface area contributed by atoms with Crippen LogP contribution in [0.3, 0.4) is 0 Å². The summed E-state index contributed by atoms with van der Waals surface area (Å²) in [5.41, 5.74) is 6.77. The van der Waals surface area contributed by atoms with E-state index in [1.807, 2.05) is 40.2 Å². The quantitative estimate of drug-likeness (QED) is 0.449. The maximum atomic E-state index is 13.1. The second-order valence-corrected chi connectivity index (χ2v) is 10.3. The van der Waals surface area contributed by atoms with Crippen LogP contribution in [0.4, 0.5) is 0 Å². The van der Waals surface area contributed by atoms with E-state index in [2.05, 4.69) is 28.3 Å². The van der Waals surface area contributed by atoms with Gasteiger partial charge in [-0.1, -0.05) is 18.2 Å². The first-order valence-corrected chi connectivity index (χ1v) is 12.7. The molecule has 3 aromatic heterocycles. The second-order valence-electron chi connectivity index (χ2n) is 10.3. The molecule has 2 aliphatic rings. The summed E-state index contributed by atoms with van der Waals surface area (Å²) in [5, 5.41) is 4.44. The maximum Gasteiger partial charge on any atom is 0.225 e. The molecule has 1 unspecified atom stereocenters. The Morgan fingerprint density at radius 3 is 2.47 bits per heavy atom. The molecule has 3 aromatic rings. The topological polar surface area (TPSA) is 81.0 Å². The Bertz CT molecular complexity index is 1330. The number of aromatic nitrogens is 4. The Balaban J connectivity index is 1.27. The van der Waals surface area contributed by atoms with E-state index in [1.54, 1.807) is 22.0 Å². The fraction of sp³-hybridized carbons (Fsp3) is 0.414. The van der Waals surface area contributed by atoms with Crippen molar-refractivity contribution in [3.8, 4) is 5.82 Å². The van der Waals surface area contributed by atoms with Crippen LogP contribution in [0.5, 0.6) is 0 Å². The second kappa shape index (κ2) is 9.80. The predicted octanol–water partition coefficient (Wildman–Crippen LogP) is 4.85. The first-order valence-electron chi connectivity index (χ1n) is 12.7. The van der Waals surface area contributed by atoms with Crippen LogP contribution in [0.15, 0.2) is 42.9 Å². The zero-order chi connectivity index (χ0) is 25.4. The Hall–Kier alpha value is -3.61. The van der Waals surface area contributed by atoms with E-state index in [1.165, 1.54) is 24.0 Å². The number of carbonyl (C=O) groups excluding carboxylic acids is 2. The minimum atomic E-state index is 0.0178. The Morgan fingerprint density at radius 1 is 1.06 bits per heavy atom. The standard InChI is InChI=1S/C29H33N5O2/c1-18-13-20(15-31-28(18)22-7-9-23(10-8-22)29(36)33(3)4)14-26(35)25-17-32-34(19(25)2)27-12-11-24(16-30-27)21-5-6-21/h7,11-13,15-17,21,23H,5-6,8-10,14H2,1-4H3. The molecule has 0 radical (unpaired) electrons. The van der Waals surface area contributed by atoms with Crippen LogP contribution in [0.2, 0.25) is 0 Å². The van der Waals surface area contributed by atoms with E-state index in [4.69, 9.17) is 4.98 Å². The van der Waals surface area contributed by atoms with Crippen molar-refractivity contribution < 1.29 is 9.59 Å². The van der Waals surface area contributed by atoms with Gasteiger partial charge < -0.3 is 4.90 Å². The van der Waals surface area contributed by atoms with E-state index in [-0.39, 0.29) is 24.0 Å². The van der Waals surface area contributed by atoms with Crippen molar-refractivity contribution in [1.82, 2.24) is 24.6 Å². The molecule has 186 valence electrons. The summed E-state index contributed by atoms with van der Waals surface area (Å²) in [6, 6.07) is 6.14. The van der Waals surface area contributed by atoms with Gasteiger partial charge in [0.05, 0.1) is 23.1 Å². The summed E-state index contributed by atoms with van der Waals surface area (Å²) in [4.78, 5) is 36.3. The monoisotopic (exact) mass is 483 g/mol. The zero-order valence-corrected chi connectivity index (χ0v) is 21.5. The number of Topliss-reactive ketones (excluding diaryl/α,β-unsaturated/α-hetero) is 1. The van der Waals surface area contributed by atoms with Gasteiger partial charge in [-0.05, 0) is 80.2 Å². The van der Waals surface area contributed by atoms with E-state index in [0.29, 0.717) is 11.5 Å². The SMILES string of the molecule is Cc1cc(CC(=O)c2cnn(-c3ccc(C4CC4)cn3)c2C)cnc1C1=CCC(C(=O)N(C)C)CC1. The van der Waals surface area contributed by atoms with Crippen molar-refractivity contribution in [2.24, 2.45) is 5.92 Å². The number of rotatable bonds is 7. The number of allylic oxidation sites excluding steroid dienone is 2. The molecule has 2 aliphatic carbocycles. The van der Waals surface area contributed by atoms with Gasteiger partial charge in [-0.3, -0.25) is 14.6 Å². The first-order chi connectivity index (χ1) is 17.3. The van der Waals surface area contributed by atoms with Gasteiger partial charge in [0, 0.05) is 38.8 Å². The number of ketones is 1. The molecule has 0 aliphatic heterocycles. The summed E-state index contributed by atoms with van der Waals surface area (Å²) in [6.07, 6.45) is 12.7. The van der Waals surface area contributed by atoms with E-state index < -0.39 is 0 Å². The van der Waals surface area contributed by atoms with Gasteiger partial charge in [-0.15, -0.1) is 0 Å². The highest BCUT2D eigenvalue weighted by molar-refractivity contribution is 5.98. The van der Waals surface area contributed by atoms with Crippen LogP contribution in [0, 0.1) is 19.8 Å². The maximum absolute atomic E-state index is 13.1. The van der Waals surface area contributed by atoms with E-state index in [9.17, 15) is 9.59 Å². The number of pyridine rings is 2. The van der Waals surface area contributed by atoms with Crippen LogP contribution >= 0.6 is 0 Å². The normalized spacial score (nSPS) is 17.6. The molecule has 1 amide bonds. The molecule has 1 saturated carbocycles. The average Bonchev–Trinajstić information content (AvgIpc) is 3.65. The van der Waals surface area contributed by atoms with Gasteiger partial charge in [0.2, 0.25) is 5.91 Å². The summed E-state index contributed by atoms with van der Waals surface area (Å²) in [6.45, 7) is 3.95. The van der Waals surface area contributed by atoms with Crippen LogP contribution in [0.1, 0.15) is 76.5 Å². The van der Waals surface area contributed by atoms with Gasteiger partial charge in [0.1, 0.15) is 0 Å². The van der Waals surface area contributed by atoms with Gasteiger partial charge in [-0.2, -0.15) is 5.10 Å². The molecular weight excluding hydrogens is 450 g/mol. The third-order valence-electron chi connectivity index (χ3n) is 7.35. The summed E-state index contributed by atoms with van der Waals surface area (Å²) in [7, 11) is 3.62. The predicted molar refractivity (Wildman–Crippen MR) is 139 cm³/mol. The smallest absolute Gasteiger partial charge is 0.225 e. The van der Waals surface area contributed by atoms with Crippen molar-refractivity contribution in [3.63, 3.8) is 0 Å². The largest absolute Gasteiger partial charge is 0.349 e. The Kier molecular flexibility index (Phi) is 6.56. The molecular formula is C29H33N5O2. The van der Waals surface area contributed by atoms with Crippen LogP contribution in [-0.2, 0) is 11.2 Å². The lowest BCUT2D eigenvalue weighted by Crippen LogP contribution is -2.30. The minimum absolute atomic E-state index is 0.0178. The van der Waals surface area contributed by atoms with Gasteiger partial charge in [0.15, 0.2) is 11.6 Å². The molecule has 7 nitrogen and oxygen atoms in total. The molecule has 7 heteroatoms. The molecule has 5 rings (SSSR count). The number of aryl methyl sites for hydroxylation is 1. The third kappa shape index (κ3) is 4.87. The van der Waals surface area contributed by atoms with Gasteiger partial charge in [0.25, 0.3) is 0 Å². The van der Waals surface area contributed by atoms with E-state index in [0.717, 1.165) is 47.6 Å². The van der Waals surface area contributed by atoms with Crippen molar-refractivity contribution in [2.75, 3.05) is 14.1 Å². The van der Waals surface area contributed by atoms with Crippen molar-refractivity contribution in [2.45, 2.75) is 58.3 Å². The summed E-state index contributed by atoms with van der Waals surface area (Å²) in [5.74, 6) is 1.65. The summed E-state index contributed by atoms with van der Waals surface area (Å²) >= 11 is 0. The molecule has 0 spiro atoms. The highest BCUT2D eigenvalue weighted by atomic mass is 16.2. The lowest BCUT2D eigenvalue weighted by atomic mass is 9.86. The van der Waals surface area contributed by atoms with Gasteiger partial charge >= 0.3 is 0 Å². The number of carbonyl (C=O) groups is 2. The number of amides is 1. The fourth-order valence-electron chi connectivity index (χ4n) is 5.08. The third-order valence-corrected chi connectivity index (χ3v) is 7.35. The van der Waals surface area contributed by atoms with Crippen LogP contribution < -0.4 is 0 Å².